The van der Waals surface area contributed by atoms with E-state index >= 15 is 0 Å². The quantitative estimate of drug-likeness (QED) is 0.637. The Morgan fingerprint density at radius 2 is 1.71 bits per heavy atom. The van der Waals surface area contributed by atoms with Crippen LogP contribution in [0.5, 0.6) is 0 Å². The Kier molecular flexibility index (Phi) is 13.0. The molecule has 0 bridgehead atoms. The van der Waals surface area contributed by atoms with Crippen molar-refractivity contribution in [1.29, 1.82) is 0 Å². The van der Waals surface area contributed by atoms with Gasteiger partial charge >= 0.3 is 0 Å². The van der Waals surface area contributed by atoms with Gasteiger partial charge in [0, 0.05) is 39.3 Å². The molecule has 1 aliphatic heterocycles. The summed E-state index contributed by atoms with van der Waals surface area (Å²) in [6.07, 6.45) is 1.27. The van der Waals surface area contributed by atoms with E-state index in [2.05, 4.69) is 16.4 Å². The molecule has 1 saturated heterocycles. The third-order valence-electron chi connectivity index (χ3n) is 3.49. The van der Waals surface area contributed by atoms with Gasteiger partial charge in [0.25, 0.3) is 0 Å². The van der Waals surface area contributed by atoms with Crippen molar-refractivity contribution in [3.05, 3.63) is 12.7 Å². The summed E-state index contributed by atoms with van der Waals surface area (Å²) < 4.78 is 5.60. The van der Waals surface area contributed by atoms with Crippen LogP contribution in [0.2, 0.25) is 0 Å². The molecule has 21 heavy (non-hydrogen) atoms. The summed E-state index contributed by atoms with van der Waals surface area (Å²) in [6, 6.07) is 0. The average Bonchev–Trinajstić information content (AvgIpc) is 2.39. The van der Waals surface area contributed by atoms with Gasteiger partial charge in [-0.3, -0.25) is 9.80 Å². The molecule has 0 aliphatic carbocycles. The zero-order valence-corrected chi connectivity index (χ0v) is 14.7. The van der Waals surface area contributed by atoms with Gasteiger partial charge in [-0.05, 0) is 13.8 Å². The fourth-order valence-electron chi connectivity index (χ4n) is 2.06. The molecule has 1 atom stereocenters. The van der Waals surface area contributed by atoms with Gasteiger partial charge in [-0.2, -0.15) is 0 Å². The van der Waals surface area contributed by atoms with Crippen molar-refractivity contribution in [2.45, 2.75) is 25.6 Å². The Morgan fingerprint density at radius 1 is 1.19 bits per heavy atom. The second kappa shape index (κ2) is 11.7. The van der Waals surface area contributed by atoms with E-state index in [1.807, 2.05) is 13.8 Å². The molecule has 128 valence electrons. The molecule has 7 heteroatoms. The van der Waals surface area contributed by atoms with Crippen LogP contribution >= 0.6 is 24.8 Å². The smallest absolute Gasteiger partial charge is 0.0900 e. The Labute approximate surface area is 140 Å². The molecule has 0 amide bonds. The maximum absolute atomic E-state index is 9.97. The van der Waals surface area contributed by atoms with Crippen molar-refractivity contribution in [2.75, 3.05) is 52.5 Å². The Hall–Kier alpha value is 0.120. The van der Waals surface area contributed by atoms with Crippen LogP contribution in [0.4, 0.5) is 0 Å². The van der Waals surface area contributed by atoms with E-state index in [4.69, 9.17) is 9.84 Å². The minimum Gasteiger partial charge on any atom is -0.395 e. The minimum absolute atomic E-state index is 0. The summed E-state index contributed by atoms with van der Waals surface area (Å²) in [5.74, 6) is 0. The van der Waals surface area contributed by atoms with Crippen molar-refractivity contribution in [1.82, 2.24) is 9.80 Å². The van der Waals surface area contributed by atoms with Crippen LogP contribution in [-0.2, 0) is 4.74 Å². The Morgan fingerprint density at radius 3 is 2.19 bits per heavy atom. The van der Waals surface area contributed by atoms with Crippen LogP contribution in [0.15, 0.2) is 12.7 Å². The zero-order chi connectivity index (χ0) is 14.3. The van der Waals surface area contributed by atoms with E-state index in [1.165, 1.54) is 0 Å². The number of nitrogens with zero attached hydrogens (tertiary/aromatic N) is 2. The van der Waals surface area contributed by atoms with E-state index in [-0.39, 0.29) is 37.0 Å². The lowest BCUT2D eigenvalue weighted by atomic mass is 10.1. The predicted octanol–water partition coefficient (Wildman–Crippen LogP) is 0.782. The van der Waals surface area contributed by atoms with Crippen LogP contribution in [0.1, 0.15) is 13.8 Å². The normalized spacial score (nSPS) is 18.5. The molecule has 1 heterocycles. The van der Waals surface area contributed by atoms with E-state index < -0.39 is 6.10 Å². The first-order valence-corrected chi connectivity index (χ1v) is 6.98. The first-order chi connectivity index (χ1) is 8.96. The molecular formula is C14H30Cl2N2O3. The number of aliphatic hydroxyl groups excluding tert-OH is 2. The maximum atomic E-state index is 9.97. The highest BCUT2D eigenvalue weighted by Gasteiger charge is 2.20. The topological polar surface area (TPSA) is 56.2 Å². The van der Waals surface area contributed by atoms with Gasteiger partial charge < -0.3 is 14.9 Å². The van der Waals surface area contributed by atoms with E-state index in [1.54, 1.807) is 6.08 Å². The van der Waals surface area contributed by atoms with Crippen LogP contribution in [0.25, 0.3) is 0 Å². The van der Waals surface area contributed by atoms with Gasteiger partial charge in [-0.15, -0.1) is 31.4 Å². The van der Waals surface area contributed by atoms with E-state index in [0.29, 0.717) is 13.2 Å². The summed E-state index contributed by atoms with van der Waals surface area (Å²) in [7, 11) is 0. The Balaban J connectivity index is 0. The number of aliphatic hydroxyl groups is 2. The molecule has 0 aromatic rings. The maximum Gasteiger partial charge on any atom is 0.0900 e. The van der Waals surface area contributed by atoms with Gasteiger partial charge in [0.15, 0.2) is 0 Å². The summed E-state index contributed by atoms with van der Waals surface area (Å²) in [4.78, 5) is 4.48. The monoisotopic (exact) mass is 344 g/mol. The van der Waals surface area contributed by atoms with Crippen molar-refractivity contribution in [3.63, 3.8) is 0 Å². The van der Waals surface area contributed by atoms with Gasteiger partial charge in [-0.1, -0.05) is 6.08 Å². The lowest BCUT2D eigenvalue weighted by molar-refractivity contribution is -0.0451. The van der Waals surface area contributed by atoms with E-state index in [0.717, 1.165) is 32.7 Å². The second-order valence-corrected chi connectivity index (χ2v) is 5.64. The van der Waals surface area contributed by atoms with Gasteiger partial charge in [0.1, 0.15) is 0 Å². The summed E-state index contributed by atoms with van der Waals surface area (Å²) in [5, 5.41) is 18.9. The van der Waals surface area contributed by atoms with Crippen molar-refractivity contribution < 1.29 is 14.9 Å². The fourth-order valence-corrected chi connectivity index (χ4v) is 2.06. The molecular weight excluding hydrogens is 315 g/mol. The molecule has 0 saturated carbocycles. The SMILES string of the molecule is C=CC(C)(C)OCC(O)CN1CCN(CCO)CC1.Cl.Cl. The molecule has 1 rings (SSSR count). The molecule has 2 N–H and O–H groups in total. The largest absolute Gasteiger partial charge is 0.395 e. The first kappa shape index (κ1) is 23.4. The van der Waals surface area contributed by atoms with Crippen LogP contribution in [-0.4, -0.2) is 84.2 Å². The molecule has 1 fully saturated rings. The third-order valence-corrected chi connectivity index (χ3v) is 3.49. The lowest BCUT2D eigenvalue weighted by Gasteiger charge is -2.35. The molecule has 1 unspecified atom stereocenters. The van der Waals surface area contributed by atoms with Crippen molar-refractivity contribution >= 4 is 24.8 Å². The number of rotatable bonds is 8. The van der Waals surface area contributed by atoms with Crippen molar-refractivity contribution in [3.8, 4) is 0 Å². The summed E-state index contributed by atoms with van der Waals surface area (Å²) >= 11 is 0. The molecule has 1 aliphatic rings. The number of ether oxygens (including phenoxy) is 1. The number of piperazine rings is 1. The van der Waals surface area contributed by atoms with Gasteiger partial charge in [0.2, 0.25) is 0 Å². The summed E-state index contributed by atoms with van der Waals surface area (Å²) in [6.45, 7) is 13.3. The first-order valence-electron chi connectivity index (χ1n) is 6.98. The van der Waals surface area contributed by atoms with Crippen LogP contribution < -0.4 is 0 Å². The minimum atomic E-state index is -0.469. The van der Waals surface area contributed by atoms with Crippen molar-refractivity contribution in [2.24, 2.45) is 0 Å². The molecule has 5 nitrogen and oxygen atoms in total. The van der Waals surface area contributed by atoms with Crippen LogP contribution in [0.3, 0.4) is 0 Å². The number of halogens is 2. The van der Waals surface area contributed by atoms with Crippen LogP contribution in [0, 0.1) is 0 Å². The molecule has 0 radical (unpaired) electrons. The zero-order valence-electron chi connectivity index (χ0n) is 13.0. The highest BCUT2D eigenvalue weighted by atomic mass is 35.5. The third kappa shape index (κ3) is 9.68. The Bertz CT molecular complexity index is 273. The predicted molar refractivity (Wildman–Crippen MR) is 90.7 cm³/mol. The highest BCUT2D eigenvalue weighted by Crippen LogP contribution is 2.11. The number of hydrogen-bond donors (Lipinski definition) is 2. The highest BCUT2D eigenvalue weighted by molar-refractivity contribution is 5.85. The molecule has 0 spiro atoms. The van der Waals surface area contributed by atoms with E-state index in [9.17, 15) is 5.11 Å². The molecule has 0 aromatic heterocycles. The number of β-amino-alcohol motifs (C(OH)–C–C–N with tert-alkyl or cyclic N) is 2. The second-order valence-electron chi connectivity index (χ2n) is 5.64. The standard InChI is InChI=1S/C14H28N2O3.2ClH/c1-4-14(2,3)19-12-13(18)11-16-7-5-15(6-8-16)9-10-17;;/h4,13,17-18H,1,5-12H2,2-3H3;2*1H. The average molecular weight is 345 g/mol. The lowest BCUT2D eigenvalue weighted by Crippen LogP contribution is -2.49. The van der Waals surface area contributed by atoms with Gasteiger partial charge in [-0.25, -0.2) is 0 Å². The summed E-state index contributed by atoms with van der Waals surface area (Å²) in [5.41, 5.74) is -0.388. The fraction of sp³-hybridized carbons (Fsp3) is 0.857. The van der Waals surface area contributed by atoms with Gasteiger partial charge in [0.05, 0.1) is 24.9 Å². The number of hydrogen-bond acceptors (Lipinski definition) is 5. The molecule has 0 aromatic carbocycles.